The lowest BCUT2D eigenvalue weighted by Gasteiger charge is -2.13. The lowest BCUT2D eigenvalue weighted by Crippen LogP contribution is -2.00. The summed E-state index contributed by atoms with van der Waals surface area (Å²) in [6, 6.07) is 8.04. The monoisotopic (exact) mass is 378 g/mol. The predicted octanol–water partition coefficient (Wildman–Crippen LogP) is 5.61. The van der Waals surface area contributed by atoms with Gasteiger partial charge in [0.25, 0.3) is 5.24 Å². The molecule has 116 valence electrons. The zero-order chi connectivity index (χ0) is 16.3. The van der Waals surface area contributed by atoms with Crippen molar-refractivity contribution in [1.82, 2.24) is 0 Å². The fourth-order valence-corrected chi connectivity index (χ4v) is 2.45. The highest BCUT2D eigenvalue weighted by Gasteiger charge is 2.15. The molecule has 7 heteroatoms. The van der Waals surface area contributed by atoms with E-state index in [0.29, 0.717) is 21.5 Å². The first kappa shape index (κ1) is 17.2. The summed E-state index contributed by atoms with van der Waals surface area (Å²) in [6.45, 7) is 0.209. The zero-order valence-electron chi connectivity index (χ0n) is 11.3. The topological polar surface area (TPSA) is 35.5 Å². The van der Waals surface area contributed by atoms with E-state index in [1.807, 2.05) is 0 Å². The SMILES string of the molecule is COc1cc(C(=O)Cl)cc(Cl)c1OCc1ccc(Cl)c(Cl)c1. The van der Waals surface area contributed by atoms with Crippen molar-refractivity contribution in [3.05, 3.63) is 56.5 Å². The van der Waals surface area contributed by atoms with Crippen molar-refractivity contribution in [3.63, 3.8) is 0 Å². The number of methoxy groups -OCH3 is 1. The van der Waals surface area contributed by atoms with Crippen LogP contribution in [0.25, 0.3) is 0 Å². The fourth-order valence-electron chi connectivity index (χ4n) is 1.76. The van der Waals surface area contributed by atoms with Crippen LogP contribution in [0.2, 0.25) is 15.1 Å². The summed E-state index contributed by atoms with van der Waals surface area (Å²) in [5, 5.41) is 0.495. The average Bonchev–Trinajstić information content (AvgIpc) is 2.48. The van der Waals surface area contributed by atoms with Crippen LogP contribution in [-0.4, -0.2) is 12.4 Å². The summed E-state index contributed by atoms with van der Waals surface area (Å²) in [4.78, 5) is 11.2. The van der Waals surface area contributed by atoms with Crippen LogP contribution >= 0.6 is 46.4 Å². The molecule has 0 aromatic heterocycles. The molecule has 0 fully saturated rings. The van der Waals surface area contributed by atoms with Crippen molar-refractivity contribution in [2.75, 3.05) is 7.11 Å². The van der Waals surface area contributed by atoms with E-state index in [4.69, 9.17) is 55.9 Å². The van der Waals surface area contributed by atoms with Crippen molar-refractivity contribution in [2.24, 2.45) is 0 Å². The summed E-state index contributed by atoms with van der Waals surface area (Å²) >= 11 is 23.4. The molecule has 2 aromatic rings. The Balaban J connectivity index is 2.25. The van der Waals surface area contributed by atoms with Gasteiger partial charge >= 0.3 is 0 Å². The van der Waals surface area contributed by atoms with Gasteiger partial charge < -0.3 is 9.47 Å². The largest absolute Gasteiger partial charge is 0.493 e. The highest BCUT2D eigenvalue weighted by atomic mass is 35.5. The first-order valence-corrected chi connectivity index (χ1v) is 7.57. The fraction of sp³-hybridized carbons (Fsp3) is 0.133. The Morgan fingerprint density at radius 1 is 1.05 bits per heavy atom. The van der Waals surface area contributed by atoms with Crippen LogP contribution in [0.3, 0.4) is 0 Å². The summed E-state index contributed by atoms with van der Waals surface area (Å²) in [7, 11) is 1.44. The maximum atomic E-state index is 11.2. The van der Waals surface area contributed by atoms with Crippen LogP contribution in [0.15, 0.2) is 30.3 Å². The molecule has 0 spiro atoms. The number of ether oxygens (including phenoxy) is 2. The third-order valence-corrected chi connectivity index (χ3v) is 4.06. The first-order valence-electron chi connectivity index (χ1n) is 6.06. The number of hydrogen-bond donors (Lipinski definition) is 0. The minimum absolute atomic E-state index is 0.209. The third-order valence-electron chi connectivity index (χ3n) is 2.82. The summed E-state index contributed by atoms with van der Waals surface area (Å²) in [5.41, 5.74) is 1.04. The maximum absolute atomic E-state index is 11.2. The molecule has 3 nitrogen and oxygen atoms in total. The second kappa shape index (κ2) is 7.42. The van der Waals surface area contributed by atoms with E-state index < -0.39 is 5.24 Å². The Labute approximate surface area is 147 Å². The van der Waals surface area contributed by atoms with Gasteiger partial charge in [0.15, 0.2) is 11.5 Å². The molecule has 0 aliphatic heterocycles. The van der Waals surface area contributed by atoms with Gasteiger partial charge in [-0.1, -0.05) is 40.9 Å². The molecule has 2 aromatic carbocycles. The van der Waals surface area contributed by atoms with Crippen LogP contribution < -0.4 is 9.47 Å². The zero-order valence-corrected chi connectivity index (χ0v) is 14.4. The Hall–Kier alpha value is -1.13. The van der Waals surface area contributed by atoms with Crippen molar-refractivity contribution < 1.29 is 14.3 Å². The summed E-state index contributed by atoms with van der Waals surface area (Å²) < 4.78 is 10.8. The molecule has 0 aliphatic rings. The van der Waals surface area contributed by atoms with Gasteiger partial charge in [0.2, 0.25) is 0 Å². The molecule has 0 saturated carbocycles. The second-order valence-electron chi connectivity index (χ2n) is 4.30. The normalized spacial score (nSPS) is 10.4. The smallest absolute Gasteiger partial charge is 0.252 e. The molecule has 0 heterocycles. The highest BCUT2D eigenvalue weighted by molar-refractivity contribution is 6.67. The molecule has 22 heavy (non-hydrogen) atoms. The number of halogens is 4. The van der Waals surface area contributed by atoms with Gasteiger partial charge in [0, 0.05) is 5.56 Å². The standard InChI is InChI=1S/C15H10Cl4O3/c1-21-13-6-9(15(19)20)5-12(18)14(13)22-7-8-2-3-10(16)11(17)4-8/h2-6H,7H2,1H3. The van der Waals surface area contributed by atoms with E-state index >= 15 is 0 Å². The van der Waals surface area contributed by atoms with Gasteiger partial charge in [-0.05, 0) is 41.4 Å². The molecule has 0 bridgehead atoms. The van der Waals surface area contributed by atoms with Gasteiger partial charge in [-0.25, -0.2) is 0 Å². The number of benzene rings is 2. The van der Waals surface area contributed by atoms with Gasteiger partial charge in [-0.2, -0.15) is 0 Å². The Morgan fingerprint density at radius 3 is 2.36 bits per heavy atom. The molecule has 0 radical (unpaired) electrons. The molecular formula is C15H10Cl4O3. The lowest BCUT2D eigenvalue weighted by molar-refractivity contribution is 0.108. The van der Waals surface area contributed by atoms with E-state index in [2.05, 4.69) is 0 Å². The van der Waals surface area contributed by atoms with Crippen molar-refractivity contribution in [1.29, 1.82) is 0 Å². The van der Waals surface area contributed by atoms with Crippen LogP contribution in [0, 0.1) is 0 Å². The quantitative estimate of drug-likeness (QED) is 0.633. The van der Waals surface area contributed by atoms with E-state index in [1.165, 1.54) is 19.2 Å². The summed E-state index contributed by atoms with van der Waals surface area (Å²) in [6.07, 6.45) is 0. The van der Waals surface area contributed by atoms with Gasteiger partial charge in [-0.3, -0.25) is 4.79 Å². The highest BCUT2D eigenvalue weighted by Crippen LogP contribution is 2.37. The van der Waals surface area contributed by atoms with Gasteiger partial charge in [0.05, 0.1) is 22.2 Å². The average molecular weight is 380 g/mol. The minimum Gasteiger partial charge on any atom is -0.493 e. The summed E-state index contributed by atoms with van der Waals surface area (Å²) in [5.74, 6) is 0.633. The third kappa shape index (κ3) is 3.99. The molecule has 0 atom stereocenters. The van der Waals surface area contributed by atoms with Crippen molar-refractivity contribution in [3.8, 4) is 11.5 Å². The second-order valence-corrected chi connectivity index (χ2v) is 5.87. The first-order chi connectivity index (χ1) is 10.4. The van der Waals surface area contributed by atoms with E-state index in [-0.39, 0.29) is 17.2 Å². The molecule has 0 aliphatic carbocycles. The molecular weight excluding hydrogens is 370 g/mol. The van der Waals surface area contributed by atoms with Crippen LogP contribution in [-0.2, 0) is 6.61 Å². The molecule has 0 unspecified atom stereocenters. The minimum atomic E-state index is -0.628. The molecule has 0 amide bonds. The van der Waals surface area contributed by atoms with Gasteiger partial charge in [-0.15, -0.1) is 0 Å². The molecule has 0 N–H and O–H groups in total. The van der Waals surface area contributed by atoms with Crippen LogP contribution in [0.5, 0.6) is 11.5 Å². The van der Waals surface area contributed by atoms with E-state index in [9.17, 15) is 4.79 Å². The van der Waals surface area contributed by atoms with Gasteiger partial charge in [0.1, 0.15) is 6.61 Å². The van der Waals surface area contributed by atoms with E-state index in [0.717, 1.165) is 5.56 Å². The number of rotatable bonds is 5. The van der Waals surface area contributed by atoms with Crippen LogP contribution in [0.4, 0.5) is 0 Å². The molecule has 2 rings (SSSR count). The van der Waals surface area contributed by atoms with Crippen molar-refractivity contribution in [2.45, 2.75) is 6.61 Å². The number of carbonyl (C=O) groups excluding carboxylic acids is 1. The Bertz CT molecular complexity index is 716. The van der Waals surface area contributed by atoms with Crippen LogP contribution in [0.1, 0.15) is 15.9 Å². The Kier molecular flexibility index (Phi) is 5.81. The number of hydrogen-bond acceptors (Lipinski definition) is 3. The Morgan fingerprint density at radius 2 is 1.77 bits per heavy atom. The van der Waals surface area contributed by atoms with E-state index in [1.54, 1.807) is 18.2 Å². The lowest BCUT2D eigenvalue weighted by atomic mass is 10.2. The maximum Gasteiger partial charge on any atom is 0.252 e. The predicted molar refractivity (Wildman–Crippen MR) is 89.0 cm³/mol. The van der Waals surface area contributed by atoms with Crippen molar-refractivity contribution >= 4 is 51.6 Å². The number of carbonyl (C=O) groups is 1. The molecule has 0 saturated heterocycles.